The first-order valence-electron chi connectivity index (χ1n) is 12.1. The SMILES string of the molecule is COCCCn1c([C@@H]2CCCN(C(=O)CC(N)C3CCCCC3)C2)nc2ccccc21. The summed E-state index contributed by atoms with van der Waals surface area (Å²) in [5.74, 6) is 2.14. The normalized spacial score (nSPS) is 21.5. The van der Waals surface area contributed by atoms with Gasteiger partial charge in [-0.1, -0.05) is 31.4 Å². The summed E-state index contributed by atoms with van der Waals surface area (Å²) in [5.41, 5.74) is 8.69. The van der Waals surface area contributed by atoms with Gasteiger partial charge in [0.2, 0.25) is 5.91 Å². The number of ether oxygens (including phenoxy) is 1. The Morgan fingerprint density at radius 1 is 1.19 bits per heavy atom. The largest absolute Gasteiger partial charge is 0.385 e. The molecule has 2 aliphatic rings. The molecule has 0 bridgehead atoms. The van der Waals surface area contributed by atoms with Crippen LogP contribution < -0.4 is 5.73 Å². The topological polar surface area (TPSA) is 73.4 Å². The highest BCUT2D eigenvalue weighted by molar-refractivity contribution is 5.77. The van der Waals surface area contributed by atoms with Gasteiger partial charge in [-0.25, -0.2) is 4.98 Å². The molecule has 1 unspecified atom stereocenters. The van der Waals surface area contributed by atoms with Crippen molar-refractivity contribution in [3.8, 4) is 0 Å². The number of rotatable bonds is 8. The van der Waals surface area contributed by atoms with Crippen molar-refractivity contribution in [3.05, 3.63) is 30.1 Å². The first-order chi connectivity index (χ1) is 15.2. The number of carbonyl (C=O) groups is 1. The molecule has 1 aliphatic heterocycles. The van der Waals surface area contributed by atoms with E-state index in [0.29, 0.717) is 12.3 Å². The van der Waals surface area contributed by atoms with Gasteiger partial charge in [-0.3, -0.25) is 4.79 Å². The number of nitrogens with zero attached hydrogens (tertiary/aromatic N) is 3. The Balaban J connectivity index is 1.46. The van der Waals surface area contributed by atoms with Crippen LogP contribution in [-0.4, -0.2) is 53.2 Å². The lowest BCUT2D eigenvalue weighted by atomic mass is 9.83. The van der Waals surface area contributed by atoms with Gasteiger partial charge < -0.3 is 19.9 Å². The minimum absolute atomic E-state index is 0.00629. The molecular formula is C25H38N4O2. The maximum Gasteiger partial charge on any atom is 0.224 e. The molecule has 2 atom stereocenters. The lowest BCUT2D eigenvalue weighted by Gasteiger charge is -2.34. The molecular weight excluding hydrogens is 388 g/mol. The number of aryl methyl sites for hydroxylation is 1. The number of likely N-dealkylation sites (tertiary alicyclic amines) is 1. The second-order valence-corrected chi connectivity index (χ2v) is 9.40. The third kappa shape index (κ3) is 5.29. The predicted octanol–water partition coefficient (Wildman–Crippen LogP) is 4.08. The van der Waals surface area contributed by atoms with Gasteiger partial charge in [0.25, 0.3) is 0 Å². The van der Waals surface area contributed by atoms with Crippen LogP contribution in [0, 0.1) is 5.92 Å². The zero-order valence-electron chi connectivity index (χ0n) is 19.0. The number of methoxy groups -OCH3 is 1. The van der Waals surface area contributed by atoms with E-state index in [0.717, 1.165) is 56.8 Å². The van der Waals surface area contributed by atoms with Crippen LogP contribution >= 0.6 is 0 Å². The average Bonchev–Trinajstić information content (AvgIpc) is 3.18. The second-order valence-electron chi connectivity index (χ2n) is 9.40. The van der Waals surface area contributed by atoms with Crippen molar-refractivity contribution in [1.82, 2.24) is 14.5 Å². The summed E-state index contributed by atoms with van der Waals surface area (Å²) in [7, 11) is 1.75. The number of aromatic nitrogens is 2. The van der Waals surface area contributed by atoms with E-state index >= 15 is 0 Å². The summed E-state index contributed by atoms with van der Waals surface area (Å²) in [4.78, 5) is 20.2. The van der Waals surface area contributed by atoms with E-state index in [1.165, 1.54) is 37.6 Å². The molecule has 1 aromatic carbocycles. The molecule has 31 heavy (non-hydrogen) atoms. The number of para-hydroxylation sites is 2. The number of fused-ring (bicyclic) bond motifs is 1. The van der Waals surface area contributed by atoms with E-state index in [2.05, 4.69) is 27.7 Å². The van der Waals surface area contributed by atoms with Gasteiger partial charge in [0.1, 0.15) is 5.82 Å². The number of nitrogens with two attached hydrogens (primary N) is 1. The van der Waals surface area contributed by atoms with Crippen LogP contribution in [-0.2, 0) is 16.1 Å². The standard InChI is InChI=1S/C25H38N4O2/c1-31-16-8-15-29-23-13-6-5-12-22(23)27-25(29)20-11-7-14-28(18-20)24(30)17-21(26)19-9-3-2-4-10-19/h5-6,12-13,19-21H,2-4,7-11,14-18,26H2,1H3/t20-,21?/m1/s1. The molecule has 1 amide bonds. The molecule has 1 aromatic heterocycles. The highest BCUT2D eigenvalue weighted by Crippen LogP contribution is 2.31. The van der Waals surface area contributed by atoms with Crippen molar-refractivity contribution in [1.29, 1.82) is 0 Å². The summed E-state index contributed by atoms with van der Waals surface area (Å²) < 4.78 is 7.62. The molecule has 6 nitrogen and oxygen atoms in total. The van der Waals surface area contributed by atoms with Gasteiger partial charge in [0, 0.05) is 51.7 Å². The van der Waals surface area contributed by atoms with E-state index in [9.17, 15) is 4.79 Å². The number of hydrogen-bond acceptors (Lipinski definition) is 4. The third-order valence-electron chi connectivity index (χ3n) is 7.22. The van der Waals surface area contributed by atoms with Crippen LogP contribution in [0.2, 0.25) is 0 Å². The minimum atomic E-state index is 0.00629. The fourth-order valence-corrected chi connectivity index (χ4v) is 5.48. The highest BCUT2D eigenvalue weighted by Gasteiger charge is 2.30. The Morgan fingerprint density at radius 3 is 2.81 bits per heavy atom. The summed E-state index contributed by atoms with van der Waals surface area (Å²) in [6.45, 7) is 3.22. The molecule has 170 valence electrons. The minimum Gasteiger partial charge on any atom is -0.385 e. The van der Waals surface area contributed by atoms with Crippen molar-refractivity contribution in [2.45, 2.75) is 76.3 Å². The Labute approximate surface area is 186 Å². The second kappa shape index (κ2) is 10.6. The molecule has 2 fully saturated rings. The quantitative estimate of drug-likeness (QED) is 0.646. The summed E-state index contributed by atoms with van der Waals surface area (Å²) in [6.07, 6.45) is 9.75. The molecule has 2 N–H and O–H groups in total. The third-order valence-corrected chi connectivity index (χ3v) is 7.22. The van der Waals surface area contributed by atoms with Crippen molar-refractivity contribution in [2.24, 2.45) is 11.7 Å². The Hall–Kier alpha value is -1.92. The van der Waals surface area contributed by atoms with Gasteiger partial charge in [-0.05, 0) is 50.2 Å². The lowest BCUT2D eigenvalue weighted by molar-refractivity contribution is -0.133. The first kappa shape index (κ1) is 22.3. The van der Waals surface area contributed by atoms with Crippen LogP contribution in [0.15, 0.2) is 24.3 Å². The smallest absolute Gasteiger partial charge is 0.224 e. The van der Waals surface area contributed by atoms with E-state index in [-0.39, 0.29) is 17.9 Å². The fourth-order valence-electron chi connectivity index (χ4n) is 5.48. The Morgan fingerprint density at radius 2 is 2.00 bits per heavy atom. The van der Waals surface area contributed by atoms with Gasteiger partial charge in [-0.2, -0.15) is 0 Å². The van der Waals surface area contributed by atoms with E-state index < -0.39 is 0 Å². The van der Waals surface area contributed by atoms with Crippen LogP contribution in [0.1, 0.15) is 69.5 Å². The van der Waals surface area contributed by atoms with Crippen molar-refractivity contribution >= 4 is 16.9 Å². The molecule has 0 radical (unpaired) electrons. The molecule has 4 rings (SSSR count). The van der Waals surface area contributed by atoms with Crippen molar-refractivity contribution in [3.63, 3.8) is 0 Å². The van der Waals surface area contributed by atoms with Gasteiger partial charge in [0.05, 0.1) is 11.0 Å². The average molecular weight is 427 g/mol. The number of hydrogen-bond donors (Lipinski definition) is 1. The summed E-state index contributed by atoms with van der Waals surface area (Å²) in [6, 6.07) is 8.35. The molecule has 6 heteroatoms. The van der Waals surface area contributed by atoms with E-state index in [1.54, 1.807) is 7.11 Å². The lowest BCUT2D eigenvalue weighted by Crippen LogP contribution is -2.43. The van der Waals surface area contributed by atoms with Gasteiger partial charge in [-0.15, -0.1) is 0 Å². The highest BCUT2D eigenvalue weighted by atomic mass is 16.5. The molecule has 2 aromatic rings. The van der Waals surface area contributed by atoms with Crippen LogP contribution in [0.3, 0.4) is 0 Å². The molecule has 2 heterocycles. The number of imidazole rings is 1. The number of piperidine rings is 1. The first-order valence-corrected chi connectivity index (χ1v) is 12.1. The van der Waals surface area contributed by atoms with Crippen molar-refractivity contribution in [2.75, 3.05) is 26.8 Å². The number of benzene rings is 1. The summed E-state index contributed by atoms with van der Waals surface area (Å²) >= 11 is 0. The fraction of sp³-hybridized carbons (Fsp3) is 0.680. The molecule has 1 saturated carbocycles. The Kier molecular flexibility index (Phi) is 7.62. The Bertz CT molecular complexity index is 858. The zero-order valence-corrected chi connectivity index (χ0v) is 19.0. The summed E-state index contributed by atoms with van der Waals surface area (Å²) in [5, 5.41) is 0. The zero-order chi connectivity index (χ0) is 21.6. The predicted molar refractivity (Wildman–Crippen MR) is 124 cm³/mol. The monoisotopic (exact) mass is 426 g/mol. The maximum atomic E-state index is 13.1. The van der Waals surface area contributed by atoms with Crippen LogP contribution in [0.25, 0.3) is 11.0 Å². The van der Waals surface area contributed by atoms with Gasteiger partial charge >= 0.3 is 0 Å². The van der Waals surface area contributed by atoms with Gasteiger partial charge in [0.15, 0.2) is 0 Å². The molecule has 1 saturated heterocycles. The van der Waals surface area contributed by atoms with Crippen molar-refractivity contribution < 1.29 is 9.53 Å². The van der Waals surface area contributed by atoms with E-state index in [4.69, 9.17) is 15.5 Å². The number of amides is 1. The molecule has 0 spiro atoms. The van der Waals surface area contributed by atoms with Crippen LogP contribution in [0.5, 0.6) is 0 Å². The molecule has 1 aliphatic carbocycles. The van der Waals surface area contributed by atoms with Crippen LogP contribution in [0.4, 0.5) is 0 Å². The van der Waals surface area contributed by atoms with E-state index in [1.807, 2.05) is 6.07 Å². The number of carbonyl (C=O) groups excluding carboxylic acids is 1. The maximum absolute atomic E-state index is 13.1.